The molecule has 0 aliphatic carbocycles. The molecule has 0 radical (unpaired) electrons. The van der Waals surface area contributed by atoms with Crippen LogP contribution in [0.15, 0.2) is 23.3 Å². The van der Waals surface area contributed by atoms with Crippen molar-refractivity contribution in [3.05, 3.63) is 29.3 Å². The fourth-order valence-corrected chi connectivity index (χ4v) is 1.06. The summed E-state index contributed by atoms with van der Waals surface area (Å²) in [6.45, 7) is 1.89. The van der Waals surface area contributed by atoms with Crippen LogP contribution in [-0.2, 0) is 0 Å². The highest BCUT2D eigenvalue weighted by molar-refractivity contribution is 5.98. The van der Waals surface area contributed by atoms with Gasteiger partial charge in [-0.05, 0) is 19.1 Å². The van der Waals surface area contributed by atoms with Crippen LogP contribution in [-0.4, -0.2) is 13.0 Å². The highest BCUT2D eigenvalue weighted by atomic mass is 16.1. The molecule has 0 unspecified atom stereocenters. The molecule has 0 fully saturated rings. The summed E-state index contributed by atoms with van der Waals surface area (Å²) in [7, 11) is 1.55. The molecule has 0 atom stereocenters. The van der Waals surface area contributed by atoms with E-state index >= 15 is 0 Å². The van der Waals surface area contributed by atoms with E-state index in [1.807, 2.05) is 13.0 Å². The molecular weight excluding hydrogens is 166 g/mol. The van der Waals surface area contributed by atoms with Crippen LogP contribution in [0.5, 0.6) is 0 Å². The molecule has 13 heavy (non-hydrogen) atoms. The van der Waals surface area contributed by atoms with E-state index in [9.17, 15) is 4.79 Å². The largest absolute Gasteiger partial charge is 0.355 e. The lowest BCUT2D eigenvalue weighted by Gasteiger charge is -2.03. The smallest absolute Gasteiger partial charge is 0.253 e. The van der Waals surface area contributed by atoms with Crippen molar-refractivity contribution in [1.82, 2.24) is 5.32 Å². The van der Waals surface area contributed by atoms with Crippen molar-refractivity contribution in [2.75, 3.05) is 7.05 Å². The molecule has 0 aromatic heterocycles. The van der Waals surface area contributed by atoms with E-state index in [2.05, 4.69) is 10.4 Å². The second-order valence-electron chi connectivity index (χ2n) is 2.71. The number of benzene rings is 1. The molecule has 0 saturated carbocycles. The second-order valence-corrected chi connectivity index (χ2v) is 2.71. The third-order valence-electron chi connectivity index (χ3n) is 1.74. The quantitative estimate of drug-likeness (QED) is 0.667. The van der Waals surface area contributed by atoms with Crippen molar-refractivity contribution < 1.29 is 4.79 Å². The molecule has 1 aromatic carbocycles. The van der Waals surface area contributed by atoms with Crippen molar-refractivity contribution in [1.29, 1.82) is 5.53 Å². The van der Waals surface area contributed by atoms with Gasteiger partial charge < -0.3 is 5.32 Å². The number of hydrogen-bond donors (Lipinski definition) is 2. The zero-order chi connectivity index (χ0) is 9.84. The van der Waals surface area contributed by atoms with Crippen LogP contribution in [0.25, 0.3) is 0 Å². The monoisotopic (exact) mass is 177 g/mol. The summed E-state index contributed by atoms with van der Waals surface area (Å²) in [6, 6.07) is 5.19. The molecule has 1 amide bonds. The van der Waals surface area contributed by atoms with Crippen molar-refractivity contribution in [2.24, 2.45) is 5.11 Å². The van der Waals surface area contributed by atoms with Gasteiger partial charge >= 0.3 is 0 Å². The predicted molar refractivity (Wildman–Crippen MR) is 49.4 cm³/mol. The van der Waals surface area contributed by atoms with E-state index in [-0.39, 0.29) is 5.91 Å². The van der Waals surface area contributed by atoms with E-state index < -0.39 is 0 Å². The van der Waals surface area contributed by atoms with Gasteiger partial charge in [-0.1, -0.05) is 11.6 Å². The minimum absolute atomic E-state index is 0.213. The Hall–Kier alpha value is -1.71. The molecule has 1 aromatic rings. The van der Waals surface area contributed by atoms with Gasteiger partial charge in [0.25, 0.3) is 5.91 Å². The number of amides is 1. The van der Waals surface area contributed by atoms with Gasteiger partial charge in [-0.25, -0.2) is 5.53 Å². The molecule has 4 heteroatoms. The topological polar surface area (TPSA) is 65.3 Å². The fourth-order valence-electron chi connectivity index (χ4n) is 1.06. The molecule has 2 N–H and O–H groups in total. The average molecular weight is 177 g/mol. The van der Waals surface area contributed by atoms with E-state index in [0.29, 0.717) is 11.3 Å². The van der Waals surface area contributed by atoms with E-state index in [1.54, 1.807) is 19.2 Å². The molecule has 68 valence electrons. The minimum atomic E-state index is -0.213. The van der Waals surface area contributed by atoms with Gasteiger partial charge in [0.05, 0.1) is 11.3 Å². The minimum Gasteiger partial charge on any atom is -0.355 e. The summed E-state index contributed by atoms with van der Waals surface area (Å²) in [5.74, 6) is -0.213. The summed E-state index contributed by atoms with van der Waals surface area (Å²) in [6.07, 6.45) is 0. The second kappa shape index (κ2) is 3.80. The number of rotatable bonds is 2. The van der Waals surface area contributed by atoms with Crippen LogP contribution in [0.4, 0.5) is 5.69 Å². The summed E-state index contributed by atoms with van der Waals surface area (Å²) < 4.78 is 0. The summed E-state index contributed by atoms with van der Waals surface area (Å²) in [4.78, 5) is 11.3. The van der Waals surface area contributed by atoms with Crippen LogP contribution in [0.3, 0.4) is 0 Å². The van der Waals surface area contributed by atoms with Crippen molar-refractivity contribution in [3.63, 3.8) is 0 Å². The van der Waals surface area contributed by atoms with Crippen LogP contribution in [0.1, 0.15) is 15.9 Å². The average Bonchev–Trinajstić information content (AvgIpc) is 2.16. The van der Waals surface area contributed by atoms with Gasteiger partial charge in [0.1, 0.15) is 0 Å². The lowest BCUT2D eigenvalue weighted by molar-refractivity contribution is 0.0963. The summed E-state index contributed by atoms with van der Waals surface area (Å²) in [5, 5.41) is 5.77. The molecular formula is C9H11N3O. The molecule has 0 saturated heterocycles. The number of nitrogens with one attached hydrogen (secondary N) is 2. The third kappa shape index (κ3) is 1.90. The predicted octanol–water partition coefficient (Wildman–Crippen LogP) is 2.02. The van der Waals surface area contributed by atoms with Gasteiger partial charge in [0, 0.05) is 7.05 Å². The highest BCUT2D eigenvalue weighted by Gasteiger charge is 2.08. The molecule has 0 aliphatic rings. The Labute approximate surface area is 76.5 Å². The summed E-state index contributed by atoms with van der Waals surface area (Å²) >= 11 is 0. The molecule has 4 nitrogen and oxygen atoms in total. The Kier molecular flexibility index (Phi) is 2.74. The van der Waals surface area contributed by atoms with Gasteiger partial charge in [0.15, 0.2) is 0 Å². The zero-order valence-electron chi connectivity index (χ0n) is 7.59. The number of carbonyl (C=O) groups is 1. The number of hydrogen-bond acceptors (Lipinski definition) is 3. The normalized spacial score (nSPS) is 9.38. The van der Waals surface area contributed by atoms with Crippen LogP contribution in [0, 0.1) is 12.5 Å². The van der Waals surface area contributed by atoms with Crippen molar-refractivity contribution in [3.8, 4) is 0 Å². The maximum Gasteiger partial charge on any atom is 0.253 e. The number of aryl methyl sites for hydroxylation is 1. The molecule has 0 heterocycles. The van der Waals surface area contributed by atoms with E-state index in [4.69, 9.17) is 5.53 Å². The third-order valence-corrected chi connectivity index (χ3v) is 1.74. The summed E-state index contributed by atoms with van der Waals surface area (Å²) in [5.41, 5.74) is 8.68. The van der Waals surface area contributed by atoms with Gasteiger partial charge in [-0.2, -0.15) is 5.11 Å². The van der Waals surface area contributed by atoms with E-state index in [0.717, 1.165) is 5.56 Å². The fraction of sp³-hybridized carbons (Fsp3) is 0.222. The van der Waals surface area contributed by atoms with E-state index in [1.165, 1.54) is 0 Å². The first-order valence-corrected chi connectivity index (χ1v) is 3.89. The van der Waals surface area contributed by atoms with Gasteiger partial charge in [-0.3, -0.25) is 4.79 Å². The van der Waals surface area contributed by atoms with Gasteiger partial charge in [-0.15, -0.1) is 0 Å². The Morgan fingerprint density at radius 3 is 2.77 bits per heavy atom. The lowest BCUT2D eigenvalue weighted by atomic mass is 10.1. The molecule has 0 aliphatic heterocycles. The highest BCUT2D eigenvalue weighted by Crippen LogP contribution is 2.19. The molecule has 0 bridgehead atoms. The first-order valence-electron chi connectivity index (χ1n) is 3.89. The van der Waals surface area contributed by atoms with Crippen molar-refractivity contribution in [2.45, 2.75) is 6.92 Å². The Bertz CT molecular complexity index is 347. The zero-order valence-corrected chi connectivity index (χ0v) is 7.59. The van der Waals surface area contributed by atoms with Gasteiger partial charge in [0.2, 0.25) is 0 Å². The Balaban J connectivity index is 3.23. The van der Waals surface area contributed by atoms with Crippen LogP contribution >= 0.6 is 0 Å². The Morgan fingerprint density at radius 1 is 1.54 bits per heavy atom. The SMILES string of the molecule is CNC(=O)c1cc(C)ccc1N=N. The van der Waals surface area contributed by atoms with Crippen molar-refractivity contribution >= 4 is 11.6 Å². The standard InChI is InChI=1S/C9H11N3O/c1-6-3-4-8(12-10)7(5-6)9(13)11-2/h3-5,10H,1-2H3,(H,11,13). The molecule has 1 rings (SSSR count). The Morgan fingerprint density at radius 2 is 2.23 bits per heavy atom. The maximum absolute atomic E-state index is 11.3. The van der Waals surface area contributed by atoms with Crippen LogP contribution in [0.2, 0.25) is 0 Å². The number of nitrogens with zero attached hydrogens (tertiary/aromatic N) is 1. The lowest BCUT2D eigenvalue weighted by Crippen LogP contribution is -2.17. The number of carbonyl (C=O) groups excluding carboxylic acids is 1. The maximum atomic E-state index is 11.3. The van der Waals surface area contributed by atoms with Crippen LogP contribution < -0.4 is 5.32 Å². The first-order chi connectivity index (χ1) is 6.19. The first kappa shape index (κ1) is 9.38. The molecule has 0 spiro atoms.